The summed E-state index contributed by atoms with van der Waals surface area (Å²) in [5.41, 5.74) is 0. The first kappa shape index (κ1) is 22.1. The van der Waals surface area contributed by atoms with Crippen molar-refractivity contribution in [1.82, 2.24) is 0 Å². The molecule has 5 nitrogen and oxygen atoms in total. The Bertz CT molecular complexity index is 513. The minimum atomic E-state index is -1.35. The number of ether oxygens (including phenoxy) is 1. The lowest BCUT2D eigenvalue weighted by Crippen LogP contribution is -2.29. The van der Waals surface area contributed by atoms with Gasteiger partial charge in [-0.1, -0.05) is 19.8 Å². The van der Waals surface area contributed by atoms with Crippen molar-refractivity contribution in [1.29, 1.82) is 0 Å². The number of carbonyl (C=O) groups is 1. The first-order valence-electron chi connectivity index (χ1n) is 10.1. The zero-order valence-electron chi connectivity index (χ0n) is 15.9. The molecule has 0 bridgehead atoms. The van der Waals surface area contributed by atoms with Crippen molar-refractivity contribution in [3.05, 3.63) is 11.8 Å². The van der Waals surface area contributed by atoms with Gasteiger partial charge in [0.1, 0.15) is 18.0 Å². The van der Waals surface area contributed by atoms with E-state index in [4.69, 9.17) is 9.84 Å². The van der Waals surface area contributed by atoms with Gasteiger partial charge in [0, 0.05) is 18.8 Å². The molecule has 7 heteroatoms. The molecule has 1 unspecified atom stereocenters. The van der Waals surface area contributed by atoms with Crippen LogP contribution in [0.1, 0.15) is 64.7 Å². The highest BCUT2D eigenvalue weighted by Crippen LogP contribution is 2.48. The standard InChI is InChI=1S/C20H32F2O5/c1-2-3-6-13(21)14(23)10-9-12-15(24)11-17-19(12)20(22)16(27-17)7-4-5-8-18(25)26/h7,12-15,17,19-20,23-24H,2-6,8-11H2,1H3,(H,25,26)/t12-,13-,14?,15+,17+,19+,20+/m0/s1. The third kappa shape index (κ3) is 5.88. The number of aliphatic carboxylic acids is 1. The monoisotopic (exact) mass is 390 g/mol. The van der Waals surface area contributed by atoms with Crippen molar-refractivity contribution < 1.29 is 33.6 Å². The first-order chi connectivity index (χ1) is 12.8. The Hall–Kier alpha value is -1.21. The molecule has 27 heavy (non-hydrogen) atoms. The highest BCUT2D eigenvalue weighted by molar-refractivity contribution is 5.66. The summed E-state index contributed by atoms with van der Waals surface area (Å²) >= 11 is 0. The van der Waals surface area contributed by atoms with Gasteiger partial charge in [-0.15, -0.1) is 0 Å². The number of hydrogen-bond donors (Lipinski definition) is 3. The topological polar surface area (TPSA) is 87.0 Å². The molecule has 1 aliphatic heterocycles. The van der Waals surface area contributed by atoms with Gasteiger partial charge in [-0.3, -0.25) is 4.79 Å². The fraction of sp³-hybridized carbons (Fsp3) is 0.850. The fourth-order valence-electron chi connectivity index (χ4n) is 4.24. The number of carboxylic acid groups (broad SMARTS) is 1. The maximum Gasteiger partial charge on any atom is 0.303 e. The lowest BCUT2D eigenvalue weighted by molar-refractivity contribution is -0.137. The van der Waals surface area contributed by atoms with Crippen LogP contribution in [0.3, 0.4) is 0 Å². The Kier molecular flexibility index (Phi) is 8.48. The van der Waals surface area contributed by atoms with Gasteiger partial charge in [0.25, 0.3) is 0 Å². The summed E-state index contributed by atoms with van der Waals surface area (Å²) in [4.78, 5) is 10.5. The molecule has 3 N–H and O–H groups in total. The van der Waals surface area contributed by atoms with Gasteiger partial charge in [0.2, 0.25) is 0 Å². The van der Waals surface area contributed by atoms with Gasteiger partial charge >= 0.3 is 5.97 Å². The van der Waals surface area contributed by atoms with E-state index in [0.717, 1.165) is 6.42 Å². The van der Waals surface area contributed by atoms with E-state index in [1.807, 2.05) is 6.92 Å². The van der Waals surface area contributed by atoms with Gasteiger partial charge in [0.15, 0.2) is 6.17 Å². The molecule has 0 aromatic heterocycles. The molecule has 2 rings (SSSR count). The number of hydrogen-bond acceptors (Lipinski definition) is 4. The molecule has 2 aliphatic rings. The summed E-state index contributed by atoms with van der Waals surface area (Å²) in [6.45, 7) is 1.96. The maximum absolute atomic E-state index is 14.8. The van der Waals surface area contributed by atoms with Crippen LogP contribution in [0.5, 0.6) is 0 Å². The summed E-state index contributed by atoms with van der Waals surface area (Å²) in [6.07, 6.45) is 0.381. The van der Waals surface area contributed by atoms with Crippen LogP contribution in [-0.2, 0) is 9.53 Å². The summed E-state index contributed by atoms with van der Waals surface area (Å²) in [5, 5.41) is 28.9. The number of aliphatic hydroxyl groups excluding tert-OH is 2. The van der Waals surface area contributed by atoms with Gasteiger partial charge in [-0.25, -0.2) is 8.78 Å². The van der Waals surface area contributed by atoms with Gasteiger partial charge in [-0.2, -0.15) is 0 Å². The van der Waals surface area contributed by atoms with Gasteiger partial charge in [-0.05, 0) is 44.1 Å². The van der Waals surface area contributed by atoms with Crippen LogP contribution >= 0.6 is 0 Å². The molecule has 2 fully saturated rings. The zero-order chi connectivity index (χ0) is 20.0. The van der Waals surface area contributed by atoms with Crippen LogP contribution in [0.25, 0.3) is 0 Å². The van der Waals surface area contributed by atoms with Crippen LogP contribution < -0.4 is 0 Å². The summed E-state index contributed by atoms with van der Waals surface area (Å²) in [5.74, 6) is -1.53. The third-order valence-electron chi connectivity index (χ3n) is 5.78. The maximum atomic E-state index is 14.8. The minimum absolute atomic E-state index is 0.0231. The Balaban J connectivity index is 1.87. The Morgan fingerprint density at radius 1 is 1.37 bits per heavy atom. The smallest absolute Gasteiger partial charge is 0.303 e. The molecule has 0 amide bonds. The van der Waals surface area contributed by atoms with E-state index in [1.165, 1.54) is 0 Å². The average molecular weight is 390 g/mol. The molecule has 0 spiro atoms. The van der Waals surface area contributed by atoms with E-state index in [9.17, 15) is 23.8 Å². The highest BCUT2D eigenvalue weighted by Gasteiger charge is 2.53. The van der Waals surface area contributed by atoms with Crippen LogP contribution in [0.2, 0.25) is 0 Å². The highest BCUT2D eigenvalue weighted by atomic mass is 19.1. The number of unbranched alkanes of at least 4 members (excludes halogenated alkanes) is 2. The number of rotatable bonds is 11. The molecular weight excluding hydrogens is 358 g/mol. The summed E-state index contributed by atoms with van der Waals surface area (Å²) in [7, 11) is 0. The summed E-state index contributed by atoms with van der Waals surface area (Å²) < 4.78 is 34.4. The van der Waals surface area contributed by atoms with Gasteiger partial charge < -0.3 is 20.1 Å². The number of carboxylic acids is 1. The molecule has 1 aliphatic carbocycles. The Morgan fingerprint density at radius 3 is 2.78 bits per heavy atom. The SMILES string of the molecule is CCCC[C@H](F)C(O)CC[C@@H]1[C@H]2[C@H](F)C(=CCCCC(=O)O)O[C@@H]2C[C@H]1O. The van der Waals surface area contributed by atoms with Crippen molar-refractivity contribution >= 4 is 5.97 Å². The van der Waals surface area contributed by atoms with Crippen molar-refractivity contribution in [2.45, 2.75) is 95.4 Å². The van der Waals surface area contributed by atoms with Crippen molar-refractivity contribution in [2.24, 2.45) is 11.8 Å². The largest absolute Gasteiger partial charge is 0.491 e. The van der Waals surface area contributed by atoms with E-state index in [0.29, 0.717) is 38.5 Å². The molecule has 0 radical (unpaired) electrons. The van der Waals surface area contributed by atoms with Crippen molar-refractivity contribution in [3.63, 3.8) is 0 Å². The van der Waals surface area contributed by atoms with Gasteiger partial charge in [0.05, 0.1) is 12.2 Å². The van der Waals surface area contributed by atoms with Crippen LogP contribution in [-0.4, -0.2) is 51.9 Å². The first-order valence-corrected chi connectivity index (χ1v) is 10.1. The predicted octanol–water partition coefficient (Wildman–Crippen LogP) is 3.53. The van der Waals surface area contributed by atoms with Crippen molar-refractivity contribution in [2.75, 3.05) is 0 Å². The number of fused-ring (bicyclic) bond motifs is 1. The zero-order valence-corrected chi connectivity index (χ0v) is 15.9. The lowest BCUT2D eigenvalue weighted by Gasteiger charge is -2.23. The van der Waals surface area contributed by atoms with E-state index < -0.39 is 42.5 Å². The molecule has 156 valence electrons. The minimum Gasteiger partial charge on any atom is -0.491 e. The average Bonchev–Trinajstić information content (AvgIpc) is 3.09. The van der Waals surface area contributed by atoms with E-state index in [1.54, 1.807) is 6.08 Å². The number of allylic oxidation sites excluding steroid dienone is 2. The number of aliphatic hydroxyl groups is 2. The predicted molar refractivity (Wildman–Crippen MR) is 96.6 cm³/mol. The van der Waals surface area contributed by atoms with Crippen LogP contribution in [0, 0.1) is 11.8 Å². The number of halogens is 2. The normalized spacial score (nSPS) is 33.7. The fourth-order valence-corrected chi connectivity index (χ4v) is 4.24. The molecular formula is C20H32F2O5. The summed E-state index contributed by atoms with van der Waals surface area (Å²) in [6, 6.07) is 0. The van der Waals surface area contributed by atoms with Crippen LogP contribution in [0.4, 0.5) is 8.78 Å². The Morgan fingerprint density at radius 2 is 2.11 bits per heavy atom. The molecule has 1 saturated carbocycles. The molecule has 0 aromatic carbocycles. The Labute approximate surface area is 159 Å². The molecule has 1 heterocycles. The second-order valence-corrected chi connectivity index (χ2v) is 7.80. The quantitative estimate of drug-likeness (QED) is 0.470. The van der Waals surface area contributed by atoms with Crippen LogP contribution in [0.15, 0.2) is 11.8 Å². The molecule has 0 aromatic rings. The van der Waals surface area contributed by atoms with E-state index >= 15 is 0 Å². The lowest BCUT2D eigenvalue weighted by atomic mass is 9.85. The molecule has 1 saturated heterocycles. The molecule has 7 atom stereocenters. The third-order valence-corrected chi connectivity index (χ3v) is 5.78. The second-order valence-electron chi connectivity index (χ2n) is 7.80. The van der Waals surface area contributed by atoms with Crippen molar-refractivity contribution in [3.8, 4) is 0 Å². The van der Waals surface area contributed by atoms with E-state index in [-0.39, 0.29) is 24.5 Å². The number of alkyl halides is 2. The van der Waals surface area contributed by atoms with E-state index in [2.05, 4.69) is 0 Å². The second kappa shape index (κ2) is 10.4.